The average molecular weight is 435 g/mol. The van der Waals surface area contributed by atoms with Crippen molar-refractivity contribution in [3.05, 3.63) is 65.9 Å². The zero-order valence-electron chi connectivity index (χ0n) is 18.9. The van der Waals surface area contributed by atoms with E-state index in [1.54, 1.807) is 7.11 Å². The fourth-order valence-electron chi connectivity index (χ4n) is 4.70. The quantitative estimate of drug-likeness (QED) is 0.620. The number of carbonyl (C=O) groups excluding carboxylic acids is 2. The fraction of sp³-hybridized carbons (Fsp3) is 0.385. The van der Waals surface area contributed by atoms with Gasteiger partial charge in [0.15, 0.2) is 0 Å². The van der Waals surface area contributed by atoms with Crippen LogP contribution in [0.5, 0.6) is 11.5 Å². The lowest BCUT2D eigenvalue weighted by atomic mass is 9.91. The van der Waals surface area contributed by atoms with Crippen LogP contribution in [0.15, 0.2) is 60.3 Å². The number of carbonyl (C=O) groups is 2. The van der Waals surface area contributed by atoms with Gasteiger partial charge in [-0.25, -0.2) is 0 Å². The number of benzene rings is 2. The predicted octanol–water partition coefficient (Wildman–Crippen LogP) is 3.83. The van der Waals surface area contributed by atoms with E-state index in [-0.39, 0.29) is 25.0 Å². The Morgan fingerprint density at radius 1 is 0.875 bits per heavy atom. The van der Waals surface area contributed by atoms with E-state index in [1.165, 1.54) is 4.90 Å². The molecule has 32 heavy (non-hydrogen) atoms. The Hall–Kier alpha value is -3.28. The second-order valence-electron chi connectivity index (χ2n) is 8.73. The van der Waals surface area contributed by atoms with Gasteiger partial charge in [-0.1, -0.05) is 44.2 Å². The van der Waals surface area contributed by atoms with Gasteiger partial charge in [-0.15, -0.1) is 0 Å². The highest BCUT2D eigenvalue weighted by Crippen LogP contribution is 2.34. The van der Waals surface area contributed by atoms with Crippen molar-refractivity contribution in [2.75, 3.05) is 33.4 Å². The summed E-state index contributed by atoms with van der Waals surface area (Å²) in [7, 11) is 1.61. The van der Waals surface area contributed by atoms with E-state index < -0.39 is 0 Å². The lowest BCUT2D eigenvalue weighted by Gasteiger charge is -2.37. The van der Waals surface area contributed by atoms with Crippen LogP contribution in [0.25, 0.3) is 5.57 Å². The minimum Gasteiger partial charge on any atom is -0.497 e. The van der Waals surface area contributed by atoms with Crippen molar-refractivity contribution in [1.29, 1.82) is 0 Å². The topological polar surface area (TPSA) is 59.1 Å². The SMILES string of the molecule is COc1ccc(OCCN2C(=O)C(c3ccccc3)=C(N3CC(C)CC(C)C3)C2=O)cc1. The third-order valence-electron chi connectivity index (χ3n) is 6.03. The minimum atomic E-state index is -0.250. The van der Waals surface area contributed by atoms with E-state index in [0.29, 0.717) is 28.9 Å². The van der Waals surface area contributed by atoms with Gasteiger partial charge in [0.05, 0.1) is 19.2 Å². The maximum atomic E-state index is 13.5. The van der Waals surface area contributed by atoms with Crippen LogP contribution in [-0.4, -0.2) is 55.0 Å². The monoisotopic (exact) mass is 434 g/mol. The molecule has 2 amide bonds. The third-order valence-corrected chi connectivity index (χ3v) is 6.03. The number of amides is 2. The number of imide groups is 1. The van der Waals surface area contributed by atoms with Gasteiger partial charge < -0.3 is 14.4 Å². The van der Waals surface area contributed by atoms with Crippen LogP contribution < -0.4 is 9.47 Å². The first-order valence-corrected chi connectivity index (χ1v) is 11.2. The summed E-state index contributed by atoms with van der Waals surface area (Å²) in [5, 5.41) is 0. The molecule has 1 fully saturated rings. The summed E-state index contributed by atoms with van der Waals surface area (Å²) in [4.78, 5) is 30.3. The van der Waals surface area contributed by atoms with Gasteiger partial charge >= 0.3 is 0 Å². The number of hydrogen-bond acceptors (Lipinski definition) is 5. The van der Waals surface area contributed by atoms with E-state index in [2.05, 4.69) is 18.7 Å². The summed E-state index contributed by atoms with van der Waals surface area (Å²) in [6, 6.07) is 16.7. The molecule has 2 heterocycles. The molecule has 0 N–H and O–H groups in total. The van der Waals surface area contributed by atoms with Crippen molar-refractivity contribution in [3.63, 3.8) is 0 Å². The van der Waals surface area contributed by atoms with Crippen molar-refractivity contribution >= 4 is 17.4 Å². The predicted molar refractivity (Wildman–Crippen MR) is 123 cm³/mol. The Bertz CT molecular complexity index is 990. The highest BCUT2D eigenvalue weighted by atomic mass is 16.5. The molecule has 2 aromatic carbocycles. The Balaban J connectivity index is 1.54. The first-order chi connectivity index (χ1) is 15.5. The summed E-state index contributed by atoms with van der Waals surface area (Å²) in [6.45, 7) is 6.39. The van der Waals surface area contributed by atoms with Crippen molar-refractivity contribution in [2.45, 2.75) is 20.3 Å². The molecule has 1 saturated heterocycles. The molecule has 168 valence electrons. The molecule has 0 aliphatic carbocycles. The molecule has 0 saturated carbocycles. The normalized spacial score (nSPS) is 21.3. The van der Waals surface area contributed by atoms with Gasteiger partial charge in [-0.3, -0.25) is 14.5 Å². The highest BCUT2D eigenvalue weighted by Gasteiger charge is 2.42. The Kier molecular flexibility index (Phi) is 6.49. The fourth-order valence-corrected chi connectivity index (χ4v) is 4.70. The van der Waals surface area contributed by atoms with Gasteiger partial charge in [-0.2, -0.15) is 0 Å². The zero-order valence-corrected chi connectivity index (χ0v) is 18.9. The number of likely N-dealkylation sites (tertiary alicyclic amines) is 1. The molecule has 0 aromatic heterocycles. The number of hydrogen-bond donors (Lipinski definition) is 0. The summed E-state index contributed by atoms with van der Waals surface area (Å²) in [5.41, 5.74) is 1.82. The zero-order chi connectivity index (χ0) is 22.7. The smallest absolute Gasteiger partial charge is 0.277 e. The molecule has 2 aliphatic rings. The largest absolute Gasteiger partial charge is 0.497 e. The molecule has 6 heteroatoms. The maximum Gasteiger partial charge on any atom is 0.277 e. The number of piperidine rings is 1. The van der Waals surface area contributed by atoms with Crippen LogP contribution in [0.3, 0.4) is 0 Å². The minimum absolute atomic E-state index is 0.197. The number of methoxy groups -OCH3 is 1. The van der Waals surface area contributed by atoms with Crippen LogP contribution in [-0.2, 0) is 9.59 Å². The van der Waals surface area contributed by atoms with Crippen molar-refractivity contribution in [3.8, 4) is 11.5 Å². The van der Waals surface area contributed by atoms with E-state index in [4.69, 9.17) is 9.47 Å². The molecule has 0 spiro atoms. The maximum absolute atomic E-state index is 13.5. The first-order valence-electron chi connectivity index (χ1n) is 11.2. The molecule has 4 rings (SSSR count). The van der Waals surface area contributed by atoms with Gasteiger partial charge in [0.1, 0.15) is 23.8 Å². The summed E-state index contributed by atoms with van der Waals surface area (Å²) >= 11 is 0. The lowest BCUT2D eigenvalue weighted by molar-refractivity contribution is -0.138. The molecule has 2 unspecified atom stereocenters. The number of rotatable bonds is 7. The Morgan fingerprint density at radius 2 is 1.50 bits per heavy atom. The van der Waals surface area contributed by atoms with Crippen molar-refractivity contribution in [2.24, 2.45) is 11.8 Å². The summed E-state index contributed by atoms with van der Waals surface area (Å²) < 4.78 is 10.9. The molecule has 2 aromatic rings. The van der Waals surface area contributed by atoms with E-state index in [1.807, 2.05) is 54.6 Å². The Labute approximate surface area is 189 Å². The summed E-state index contributed by atoms with van der Waals surface area (Å²) in [6.07, 6.45) is 1.13. The molecule has 0 bridgehead atoms. The van der Waals surface area contributed by atoms with Crippen LogP contribution in [0.2, 0.25) is 0 Å². The van der Waals surface area contributed by atoms with Gasteiger partial charge in [-0.05, 0) is 48.1 Å². The molecular formula is C26H30N2O4. The van der Waals surface area contributed by atoms with Crippen LogP contribution in [0.4, 0.5) is 0 Å². The van der Waals surface area contributed by atoms with Gasteiger partial charge in [0.25, 0.3) is 11.8 Å². The lowest BCUT2D eigenvalue weighted by Crippen LogP contribution is -2.42. The average Bonchev–Trinajstić information content (AvgIpc) is 3.04. The van der Waals surface area contributed by atoms with Gasteiger partial charge in [0, 0.05) is 13.1 Å². The van der Waals surface area contributed by atoms with Crippen LogP contribution >= 0.6 is 0 Å². The highest BCUT2D eigenvalue weighted by molar-refractivity contribution is 6.35. The molecule has 6 nitrogen and oxygen atoms in total. The van der Waals surface area contributed by atoms with E-state index in [9.17, 15) is 9.59 Å². The number of nitrogens with zero attached hydrogens (tertiary/aromatic N) is 2. The molecule has 2 aliphatic heterocycles. The standard InChI is InChI=1S/C26H30N2O4/c1-18-15-19(2)17-27(16-18)24-23(20-7-5-4-6-8-20)25(29)28(26(24)30)13-14-32-22-11-9-21(31-3)10-12-22/h4-12,18-19H,13-17H2,1-3H3. The second-order valence-corrected chi connectivity index (χ2v) is 8.73. The van der Waals surface area contributed by atoms with E-state index in [0.717, 1.165) is 30.8 Å². The van der Waals surface area contributed by atoms with E-state index >= 15 is 0 Å². The first kappa shape index (κ1) is 21.9. The number of ether oxygens (including phenoxy) is 2. The molecular weight excluding hydrogens is 404 g/mol. The van der Waals surface area contributed by atoms with Gasteiger partial charge in [0.2, 0.25) is 0 Å². The summed E-state index contributed by atoms with van der Waals surface area (Å²) in [5.74, 6) is 1.87. The van der Waals surface area contributed by atoms with Crippen molar-refractivity contribution < 1.29 is 19.1 Å². The second kappa shape index (κ2) is 9.47. The molecule has 2 atom stereocenters. The third kappa shape index (κ3) is 4.49. The van der Waals surface area contributed by atoms with Crippen LogP contribution in [0, 0.1) is 11.8 Å². The molecule has 0 radical (unpaired) electrons. The van der Waals surface area contributed by atoms with Crippen molar-refractivity contribution in [1.82, 2.24) is 9.80 Å². The Morgan fingerprint density at radius 3 is 2.12 bits per heavy atom. The van der Waals surface area contributed by atoms with Crippen LogP contribution in [0.1, 0.15) is 25.8 Å².